The first-order valence-corrected chi connectivity index (χ1v) is 12.4. The summed E-state index contributed by atoms with van der Waals surface area (Å²) in [6.07, 6.45) is 12.6. The Morgan fingerprint density at radius 1 is 0.741 bits per heavy atom. The molecule has 27 heavy (non-hydrogen) atoms. The maximum Gasteiger partial charge on any atom is 0.200 e. The van der Waals surface area contributed by atoms with Crippen molar-refractivity contribution in [1.29, 1.82) is 0 Å². The highest BCUT2D eigenvalue weighted by atomic mass is 32.2. The number of ketones is 2. The topological polar surface area (TPSA) is 34.1 Å². The third-order valence-corrected chi connectivity index (χ3v) is 8.89. The molecule has 0 aromatic heterocycles. The third-order valence-electron chi connectivity index (χ3n) is 6.02. The first-order chi connectivity index (χ1) is 13.2. The summed E-state index contributed by atoms with van der Waals surface area (Å²) in [5, 5.41) is 1.14. The molecule has 3 aliphatic carbocycles. The van der Waals surface area contributed by atoms with E-state index in [9.17, 15) is 9.59 Å². The molecule has 0 radical (unpaired) electrons. The highest BCUT2D eigenvalue weighted by molar-refractivity contribution is 8.04. The third kappa shape index (κ3) is 4.37. The molecule has 4 heteroatoms. The summed E-state index contributed by atoms with van der Waals surface area (Å²) in [6.45, 7) is 0. The average Bonchev–Trinajstić information content (AvgIpc) is 2.73. The van der Waals surface area contributed by atoms with Crippen molar-refractivity contribution in [3.8, 4) is 0 Å². The van der Waals surface area contributed by atoms with Gasteiger partial charge in [0.15, 0.2) is 5.78 Å². The van der Waals surface area contributed by atoms with E-state index in [-0.39, 0.29) is 11.6 Å². The lowest BCUT2D eigenvalue weighted by molar-refractivity contribution is 0.0982. The monoisotopic (exact) mass is 400 g/mol. The predicted molar refractivity (Wildman–Crippen MR) is 116 cm³/mol. The fraction of sp³-hybridized carbons (Fsp3) is 0.565. The molecule has 0 spiro atoms. The van der Waals surface area contributed by atoms with E-state index in [1.165, 1.54) is 64.2 Å². The first kappa shape index (κ1) is 19.3. The summed E-state index contributed by atoms with van der Waals surface area (Å²) in [4.78, 5) is 27.3. The van der Waals surface area contributed by atoms with Gasteiger partial charge >= 0.3 is 0 Å². The number of carbonyl (C=O) groups is 2. The lowest BCUT2D eigenvalue weighted by atomic mass is 9.90. The Labute approximate surface area is 170 Å². The minimum atomic E-state index is 0.0833. The summed E-state index contributed by atoms with van der Waals surface area (Å²) in [5.41, 5.74) is 1.99. The van der Waals surface area contributed by atoms with Gasteiger partial charge in [-0.1, -0.05) is 62.8 Å². The molecule has 144 valence electrons. The van der Waals surface area contributed by atoms with E-state index >= 15 is 0 Å². The Morgan fingerprint density at radius 2 is 1.30 bits per heavy atom. The van der Waals surface area contributed by atoms with Gasteiger partial charge in [-0.15, -0.1) is 11.8 Å². The number of hydrogen-bond donors (Lipinski definition) is 0. The van der Waals surface area contributed by atoms with Crippen LogP contribution in [-0.4, -0.2) is 27.8 Å². The number of Topliss-reactive ketones (excluding diaryl/α,β-unsaturated/α-hetero) is 2. The van der Waals surface area contributed by atoms with Crippen LogP contribution in [0.5, 0.6) is 0 Å². The Bertz CT molecular complexity index is 741. The number of fused-ring (bicyclic) bond motifs is 1. The van der Waals surface area contributed by atoms with Gasteiger partial charge in [-0.25, -0.2) is 0 Å². The van der Waals surface area contributed by atoms with Crippen molar-refractivity contribution in [2.45, 2.75) is 74.7 Å². The molecule has 2 fully saturated rings. The Balaban J connectivity index is 1.60. The van der Waals surface area contributed by atoms with E-state index in [2.05, 4.69) is 0 Å². The number of allylic oxidation sites excluding steroid dienone is 1. The number of rotatable bonds is 5. The minimum absolute atomic E-state index is 0.0833. The summed E-state index contributed by atoms with van der Waals surface area (Å²) in [5.74, 6) is 0.866. The van der Waals surface area contributed by atoms with Crippen LogP contribution in [0.4, 0.5) is 0 Å². The second-order valence-electron chi connectivity index (χ2n) is 7.96. The average molecular weight is 401 g/mol. The number of benzene rings is 1. The molecule has 0 aliphatic heterocycles. The smallest absolute Gasteiger partial charge is 0.200 e. The van der Waals surface area contributed by atoms with E-state index < -0.39 is 0 Å². The molecule has 2 nitrogen and oxygen atoms in total. The SMILES string of the molecule is O=C1C(CSC2CCCCC2)=C(SC2CCCCC2)C(=O)c2ccccc21. The lowest BCUT2D eigenvalue weighted by Crippen LogP contribution is -2.24. The normalized spacial score (nSPS) is 22.2. The molecule has 1 aromatic rings. The van der Waals surface area contributed by atoms with E-state index in [4.69, 9.17) is 0 Å². The summed E-state index contributed by atoms with van der Waals surface area (Å²) in [7, 11) is 0. The molecule has 0 heterocycles. The molecule has 3 aliphatic rings. The molecular weight excluding hydrogens is 372 g/mol. The van der Waals surface area contributed by atoms with Crippen LogP contribution in [0.25, 0.3) is 0 Å². The zero-order chi connectivity index (χ0) is 18.6. The Kier molecular flexibility index (Phi) is 6.44. The van der Waals surface area contributed by atoms with Gasteiger partial charge in [-0.3, -0.25) is 9.59 Å². The molecule has 2 saturated carbocycles. The van der Waals surface area contributed by atoms with Gasteiger partial charge in [0.25, 0.3) is 0 Å². The van der Waals surface area contributed by atoms with Crippen molar-refractivity contribution in [3.63, 3.8) is 0 Å². The molecule has 0 atom stereocenters. The van der Waals surface area contributed by atoms with Crippen LogP contribution in [0.15, 0.2) is 34.7 Å². The summed E-state index contributed by atoms with van der Waals surface area (Å²) < 4.78 is 0. The van der Waals surface area contributed by atoms with Crippen LogP contribution >= 0.6 is 23.5 Å². The molecule has 0 amide bonds. The maximum absolute atomic E-state index is 13.3. The van der Waals surface area contributed by atoms with Gasteiger partial charge < -0.3 is 0 Å². The molecule has 0 saturated heterocycles. The van der Waals surface area contributed by atoms with Gasteiger partial charge in [-0.05, 0) is 25.7 Å². The molecule has 0 N–H and O–H groups in total. The Hall–Kier alpha value is -1.00. The second-order valence-corrected chi connectivity index (χ2v) is 10.6. The second kappa shape index (κ2) is 9.00. The highest BCUT2D eigenvalue weighted by Gasteiger charge is 2.34. The van der Waals surface area contributed by atoms with Crippen molar-refractivity contribution in [1.82, 2.24) is 0 Å². The van der Waals surface area contributed by atoms with Gasteiger partial charge in [0.2, 0.25) is 5.78 Å². The van der Waals surface area contributed by atoms with Gasteiger partial charge in [0, 0.05) is 33.0 Å². The zero-order valence-corrected chi connectivity index (χ0v) is 17.5. The molecule has 1 aromatic carbocycles. The minimum Gasteiger partial charge on any atom is -0.289 e. The Morgan fingerprint density at radius 3 is 1.93 bits per heavy atom. The van der Waals surface area contributed by atoms with E-state index in [1.54, 1.807) is 11.8 Å². The van der Waals surface area contributed by atoms with Gasteiger partial charge in [-0.2, -0.15) is 11.8 Å². The number of hydrogen-bond acceptors (Lipinski definition) is 4. The lowest BCUT2D eigenvalue weighted by Gasteiger charge is -2.27. The highest BCUT2D eigenvalue weighted by Crippen LogP contribution is 2.41. The fourth-order valence-corrected chi connectivity index (χ4v) is 7.30. The standard InChI is InChI=1S/C23H28O2S2/c24-21-18-13-7-8-14-19(18)22(25)23(27-17-11-5-2-6-12-17)20(21)15-26-16-9-3-1-4-10-16/h7-8,13-14,16-17H,1-6,9-12,15H2. The summed E-state index contributed by atoms with van der Waals surface area (Å²) >= 11 is 3.61. The molecule has 0 bridgehead atoms. The van der Waals surface area contributed by atoms with Crippen molar-refractivity contribution in [2.24, 2.45) is 0 Å². The number of thioether (sulfide) groups is 2. The van der Waals surface area contributed by atoms with Crippen LogP contribution in [0.2, 0.25) is 0 Å². The number of carbonyl (C=O) groups excluding carboxylic acids is 2. The van der Waals surface area contributed by atoms with Crippen molar-refractivity contribution in [3.05, 3.63) is 45.9 Å². The van der Waals surface area contributed by atoms with Crippen LogP contribution in [-0.2, 0) is 0 Å². The quantitative estimate of drug-likeness (QED) is 0.568. The zero-order valence-electron chi connectivity index (χ0n) is 15.9. The van der Waals surface area contributed by atoms with E-state index in [0.29, 0.717) is 27.4 Å². The van der Waals surface area contributed by atoms with Crippen LogP contribution in [0.3, 0.4) is 0 Å². The maximum atomic E-state index is 13.3. The van der Waals surface area contributed by atoms with Crippen LogP contribution < -0.4 is 0 Å². The molecule has 4 rings (SSSR count). The first-order valence-electron chi connectivity index (χ1n) is 10.4. The van der Waals surface area contributed by atoms with Crippen LogP contribution in [0.1, 0.15) is 84.9 Å². The fourth-order valence-electron chi connectivity index (χ4n) is 4.44. The van der Waals surface area contributed by atoms with Gasteiger partial charge in [0.1, 0.15) is 0 Å². The van der Waals surface area contributed by atoms with Crippen LogP contribution in [0, 0.1) is 0 Å². The van der Waals surface area contributed by atoms with E-state index in [1.807, 2.05) is 36.0 Å². The summed E-state index contributed by atoms with van der Waals surface area (Å²) in [6, 6.07) is 7.38. The van der Waals surface area contributed by atoms with Gasteiger partial charge in [0.05, 0.1) is 4.91 Å². The van der Waals surface area contributed by atoms with Crippen molar-refractivity contribution in [2.75, 3.05) is 5.75 Å². The van der Waals surface area contributed by atoms with Crippen molar-refractivity contribution < 1.29 is 9.59 Å². The molecule has 0 unspecified atom stereocenters. The van der Waals surface area contributed by atoms with E-state index in [0.717, 1.165) is 10.5 Å². The largest absolute Gasteiger partial charge is 0.289 e. The van der Waals surface area contributed by atoms with Crippen molar-refractivity contribution >= 4 is 35.1 Å². The predicted octanol–water partition coefficient (Wildman–Crippen LogP) is 6.45. The molecular formula is C23H28O2S2.